The first-order chi connectivity index (χ1) is 11.2. The molecule has 1 aliphatic heterocycles. The highest BCUT2D eigenvalue weighted by molar-refractivity contribution is 5.92. The minimum Gasteiger partial charge on any atom is -0.465 e. The summed E-state index contributed by atoms with van der Waals surface area (Å²) >= 11 is 0. The Labute approximate surface area is 132 Å². The van der Waals surface area contributed by atoms with Crippen LogP contribution in [0.2, 0.25) is 0 Å². The molecule has 0 aliphatic carbocycles. The van der Waals surface area contributed by atoms with E-state index in [4.69, 9.17) is 4.42 Å². The molecule has 116 valence electrons. The molecule has 5 heteroatoms. The Bertz CT molecular complexity index is 893. The number of halogens is 1. The van der Waals surface area contributed by atoms with E-state index in [2.05, 4.69) is 4.98 Å². The van der Waals surface area contributed by atoms with Crippen LogP contribution in [0.25, 0.3) is 17.0 Å². The van der Waals surface area contributed by atoms with Gasteiger partial charge in [-0.1, -0.05) is 0 Å². The highest BCUT2D eigenvalue weighted by Gasteiger charge is 2.23. The van der Waals surface area contributed by atoms with Crippen molar-refractivity contribution in [2.45, 2.75) is 13.0 Å². The number of benzene rings is 1. The molecular weight excluding hydrogens is 295 g/mol. The van der Waals surface area contributed by atoms with Gasteiger partial charge in [-0.25, -0.2) is 4.39 Å². The summed E-state index contributed by atoms with van der Waals surface area (Å²) < 4.78 is 18.7. The van der Waals surface area contributed by atoms with Gasteiger partial charge < -0.3 is 14.3 Å². The van der Waals surface area contributed by atoms with Crippen molar-refractivity contribution in [2.75, 3.05) is 6.54 Å². The lowest BCUT2D eigenvalue weighted by molar-refractivity contribution is -0.126. The summed E-state index contributed by atoms with van der Waals surface area (Å²) in [6, 6.07) is 8.28. The zero-order chi connectivity index (χ0) is 15.8. The largest absolute Gasteiger partial charge is 0.465 e. The number of hydrogen-bond acceptors (Lipinski definition) is 2. The normalized spacial score (nSPS) is 14.6. The number of aromatic amines is 1. The van der Waals surface area contributed by atoms with Gasteiger partial charge in [-0.2, -0.15) is 0 Å². The number of carbonyl (C=O) groups excluding carboxylic acids is 1. The zero-order valence-electron chi connectivity index (χ0n) is 12.4. The summed E-state index contributed by atoms with van der Waals surface area (Å²) in [6.45, 7) is 1.13. The molecule has 0 fully saturated rings. The van der Waals surface area contributed by atoms with Gasteiger partial charge in [0.25, 0.3) is 0 Å². The van der Waals surface area contributed by atoms with Crippen LogP contribution in [0.15, 0.2) is 47.1 Å². The first-order valence-corrected chi connectivity index (χ1v) is 7.50. The van der Waals surface area contributed by atoms with E-state index in [9.17, 15) is 9.18 Å². The quantitative estimate of drug-likeness (QED) is 0.737. The summed E-state index contributed by atoms with van der Waals surface area (Å²) in [5.41, 5.74) is 3.01. The molecule has 3 aromatic rings. The predicted octanol–water partition coefficient (Wildman–Crippen LogP) is 3.50. The number of amides is 1. The van der Waals surface area contributed by atoms with Crippen LogP contribution in [0.5, 0.6) is 0 Å². The highest BCUT2D eigenvalue weighted by atomic mass is 19.1. The molecule has 4 rings (SSSR count). The number of hydrogen-bond donors (Lipinski definition) is 1. The summed E-state index contributed by atoms with van der Waals surface area (Å²) in [7, 11) is 0. The van der Waals surface area contributed by atoms with Crippen LogP contribution < -0.4 is 0 Å². The molecule has 2 aromatic heterocycles. The van der Waals surface area contributed by atoms with Crippen molar-refractivity contribution in [2.24, 2.45) is 0 Å². The first-order valence-electron chi connectivity index (χ1n) is 7.50. The fourth-order valence-electron chi connectivity index (χ4n) is 3.02. The van der Waals surface area contributed by atoms with Crippen molar-refractivity contribution < 1.29 is 13.6 Å². The summed E-state index contributed by atoms with van der Waals surface area (Å²) in [6.07, 6.45) is 5.48. The van der Waals surface area contributed by atoms with Crippen molar-refractivity contribution in [3.8, 4) is 0 Å². The maximum Gasteiger partial charge on any atom is 0.247 e. The van der Waals surface area contributed by atoms with E-state index in [-0.39, 0.29) is 11.7 Å². The first kappa shape index (κ1) is 13.8. The van der Waals surface area contributed by atoms with Crippen molar-refractivity contribution in [3.63, 3.8) is 0 Å². The topological polar surface area (TPSA) is 49.2 Å². The van der Waals surface area contributed by atoms with E-state index in [1.807, 2.05) is 0 Å². The van der Waals surface area contributed by atoms with E-state index in [0.717, 1.165) is 28.6 Å². The van der Waals surface area contributed by atoms with Gasteiger partial charge in [0.15, 0.2) is 0 Å². The van der Waals surface area contributed by atoms with E-state index in [1.54, 1.807) is 35.4 Å². The number of nitrogens with zero attached hydrogens (tertiary/aromatic N) is 1. The van der Waals surface area contributed by atoms with Crippen LogP contribution in [-0.2, 0) is 17.8 Å². The standard InChI is InChI=1S/C18H15FN2O2/c19-12-3-5-16-14(10-12)15-11-21(8-7-17(15)20-16)18(22)6-4-13-2-1-9-23-13/h1-6,9-10,20H,7-8,11H2. The second-order valence-corrected chi connectivity index (χ2v) is 5.63. The van der Waals surface area contributed by atoms with Crippen LogP contribution >= 0.6 is 0 Å². The fraction of sp³-hybridized carbons (Fsp3) is 0.167. The Kier molecular flexibility index (Phi) is 3.26. The van der Waals surface area contributed by atoms with Crippen molar-refractivity contribution in [1.82, 2.24) is 9.88 Å². The Morgan fingerprint density at radius 3 is 3.09 bits per heavy atom. The monoisotopic (exact) mass is 310 g/mol. The lowest BCUT2D eigenvalue weighted by atomic mass is 10.0. The van der Waals surface area contributed by atoms with Crippen LogP contribution in [0.1, 0.15) is 17.0 Å². The van der Waals surface area contributed by atoms with Gasteiger partial charge in [-0.3, -0.25) is 4.79 Å². The minimum absolute atomic E-state index is 0.0715. The molecule has 3 heterocycles. The minimum atomic E-state index is -0.263. The van der Waals surface area contributed by atoms with Crippen molar-refractivity contribution in [1.29, 1.82) is 0 Å². The van der Waals surface area contributed by atoms with Crippen LogP contribution in [0.3, 0.4) is 0 Å². The molecule has 1 N–H and O–H groups in total. The SMILES string of the molecule is O=C(C=Cc1ccco1)N1CCc2[nH]c3ccc(F)cc3c2C1. The lowest BCUT2D eigenvalue weighted by Crippen LogP contribution is -2.34. The maximum absolute atomic E-state index is 13.5. The van der Waals surface area contributed by atoms with Gasteiger partial charge in [-0.05, 0) is 36.4 Å². The average Bonchev–Trinajstić information content (AvgIpc) is 3.19. The molecule has 0 bridgehead atoms. The predicted molar refractivity (Wildman–Crippen MR) is 85.1 cm³/mol. The van der Waals surface area contributed by atoms with E-state index >= 15 is 0 Å². The number of rotatable bonds is 2. The molecule has 0 unspecified atom stereocenters. The molecule has 0 spiro atoms. The lowest BCUT2D eigenvalue weighted by Gasteiger charge is -2.26. The Balaban J connectivity index is 1.59. The fourth-order valence-corrected chi connectivity index (χ4v) is 3.02. The molecule has 0 radical (unpaired) electrons. The number of fused-ring (bicyclic) bond motifs is 3. The second-order valence-electron chi connectivity index (χ2n) is 5.63. The third-order valence-corrected chi connectivity index (χ3v) is 4.18. The summed E-state index contributed by atoms with van der Waals surface area (Å²) in [5.74, 6) is 0.309. The third kappa shape index (κ3) is 2.54. The third-order valence-electron chi connectivity index (χ3n) is 4.18. The average molecular weight is 310 g/mol. The van der Waals surface area contributed by atoms with E-state index in [1.165, 1.54) is 18.2 Å². The zero-order valence-corrected chi connectivity index (χ0v) is 12.4. The highest BCUT2D eigenvalue weighted by Crippen LogP contribution is 2.28. The van der Waals surface area contributed by atoms with Gasteiger partial charge in [0.1, 0.15) is 11.6 Å². The van der Waals surface area contributed by atoms with Gasteiger partial charge >= 0.3 is 0 Å². The Morgan fingerprint density at radius 2 is 2.26 bits per heavy atom. The Morgan fingerprint density at radius 1 is 1.35 bits per heavy atom. The molecule has 0 saturated heterocycles. The molecule has 1 amide bonds. The number of H-pyrrole nitrogens is 1. The molecule has 0 saturated carbocycles. The number of aromatic nitrogens is 1. The number of carbonyl (C=O) groups is 1. The second kappa shape index (κ2) is 5.43. The molecule has 0 atom stereocenters. The van der Waals surface area contributed by atoms with E-state index in [0.29, 0.717) is 18.8 Å². The molecule has 1 aromatic carbocycles. The smallest absolute Gasteiger partial charge is 0.247 e. The molecule has 1 aliphatic rings. The van der Waals surface area contributed by atoms with E-state index < -0.39 is 0 Å². The van der Waals surface area contributed by atoms with Crippen molar-refractivity contribution >= 4 is 22.9 Å². The molecule has 4 nitrogen and oxygen atoms in total. The molecule has 23 heavy (non-hydrogen) atoms. The van der Waals surface area contributed by atoms with Gasteiger partial charge in [0, 0.05) is 47.7 Å². The summed E-state index contributed by atoms with van der Waals surface area (Å²) in [4.78, 5) is 17.4. The van der Waals surface area contributed by atoms with Crippen LogP contribution in [0.4, 0.5) is 4.39 Å². The Hall–Kier alpha value is -2.82. The number of nitrogens with one attached hydrogen (secondary N) is 1. The summed E-state index contributed by atoms with van der Waals surface area (Å²) in [5, 5.41) is 0.854. The van der Waals surface area contributed by atoms with Gasteiger partial charge in [0.2, 0.25) is 5.91 Å². The van der Waals surface area contributed by atoms with Crippen LogP contribution in [0, 0.1) is 5.82 Å². The number of furan rings is 1. The maximum atomic E-state index is 13.5. The van der Waals surface area contributed by atoms with Crippen LogP contribution in [-0.4, -0.2) is 22.3 Å². The van der Waals surface area contributed by atoms with Crippen molar-refractivity contribution in [3.05, 3.63) is 65.5 Å². The molecular formula is C18H15FN2O2. The van der Waals surface area contributed by atoms with Gasteiger partial charge in [0.05, 0.1) is 6.26 Å². The van der Waals surface area contributed by atoms with Gasteiger partial charge in [-0.15, -0.1) is 0 Å².